The predicted molar refractivity (Wildman–Crippen MR) is 116 cm³/mol. The molecule has 0 radical (unpaired) electrons. The number of hydrogen-bond donors (Lipinski definition) is 1. The SMILES string of the molecule is O=C(O)c1cc(I)c(OCc2ccc(Oc3cccc(F)c3)cc2)c(I)c1. The lowest BCUT2D eigenvalue weighted by Crippen LogP contribution is -2.03. The summed E-state index contributed by atoms with van der Waals surface area (Å²) in [5.41, 5.74) is 1.16. The highest BCUT2D eigenvalue weighted by atomic mass is 127. The number of carbonyl (C=O) groups is 1. The van der Waals surface area contributed by atoms with Crippen LogP contribution in [0.5, 0.6) is 17.2 Å². The average molecular weight is 590 g/mol. The summed E-state index contributed by atoms with van der Waals surface area (Å²) < 4.78 is 26.2. The van der Waals surface area contributed by atoms with Crippen LogP contribution in [0.15, 0.2) is 60.7 Å². The smallest absolute Gasteiger partial charge is 0.335 e. The number of carboxylic acids is 1. The number of ether oxygens (including phenoxy) is 2. The summed E-state index contributed by atoms with van der Waals surface area (Å²) >= 11 is 4.13. The van der Waals surface area contributed by atoms with Crippen LogP contribution in [0, 0.1) is 13.0 Å². The average Bonchev–Trinajstić information content (AvgIpc) is 2.62. The Labute approximate surface area is 182 Å². The van der Waals surface area contributed by atoms with Crippen LogP contribution in [0.1, 0.15) is 15.9 Å². The van der Waals surface area contributed by atoms with Gasteiger partial charge in [0.25, 0.3) is 0 Å². The maximum atomic E-state index is 13.2. The lowest BCUT2D eigenvalue weighted by molar-refractivity contribution is 0.0696. The molecule has 0 amide bonds. The Hall–Kier alpha value is -1.88. The van der Waals surface area contributed by atoms with Crippen LogP contribution in [-0.4, -0.2) is 11.1 Å². The van der Waals surface area contributed by atoms with E-state index in [1.54, 1.807) is 36.4 Å². The highest BCUT2D eigenvalue weighted by molar-refractivity contribution is 14.1. The Balaban J connectivity index is 1.66. The molecule has 0 heterocycles. The molecule has 3 aromatic carbocycles. The molecule has 3 aromatic rings. The number of aromatic carboxylic acids is 1. The third-order valence-corrected chi connectivity index (χ3v) is 5.19. The van der Waals surface area contributed by atoms with Gasteiger partial charge in [0.15, 0.2) is 0 Å². The van der Waals surface area contributed by atoms with E-state index in [4.69, 9.17) is 14.6 Å². The molecule has 0 aromatic heterocycles. The van der Waals surface area contributed by atoms with Gasteiger partial charge in [-0.3, -0.25) is 0 Å². The summed E-state index contributed by atoms with van der Waals surface area (Å²) in [7, 11) is 0. The van der Waals surface area contributed by atoms with E-state index in [0.29, 0.717) is 23.9 Å². The van der Waals surface area contributed by atoms with E-state index in [-0.39, 0.29) is 11.4 Å². The van der Waals surface area contributed by atoms with E-state index in [1.807, 2.05) is 12.1 Å². The van der Waals surface area contributed by atoms with Crippen molar-refractivity contribution in [1.29, 1.82) is 0 Å². The molecule has 1 N–H and O–H groups in total. The van der Waals surface area contributed by atoms with Gasteiger partial charge in [-0.05, 0) is 87.1 Å². The third-order valence-electron chi connectivity index (χ3n) is 3.58. The molecule has 0 saturated carbocycles. The molecule has 0 aliphatic carbocycles. The predicted octanol–water partition coefficient (Wildman–Crippen LogP) is 6.10. The normalized spacial score (nSPS) is 10.5. The second-order valence-electron chi connectivity index (χ2n) is 5.57. The summed E-state index contributed by atoms with van der Waals surface area (Å²) in [5.74, 6) is 0.365. The third kappa shape index (κ3) is 5.32. The Kier molecular flexibility index (Phi) is 6.53. The largest absolute Gasteiger partial charge is 0.487 e. The minimum atomic E-state index is -0.966. The lowest BCUT2D eigenvalue weighted by Gasteiger charge is -2.12. The highest BCUT2D eigenvalue weighted by Gasteiger charge is 2.13. The second-order valence-corrected chi connectivity index (χ2v) is 7.89. The zero-order chi connectivity index (χ0) is 19.4. The zero-order valence-corrected chi connectivity index (χ0v) is 18.1. The molecule has 0 fully saturated rings. The first-order chi connectivity index (χ1) is 12.9. The van der Waals surface area contributed by atoms with Crippen LogP contribution in [-0.2, 0) is 6.61 Å². The van der Waals surface area contributed by atoms with Gasteiger partial charge in [0, 0.05) is 6.07 Å². The molecule has 3 rings (SSSR count). The number of carboxylic acid groups (broad SMARTS) is 1. The maximum Gasteiger partial charge on any atom is 0.335 e. The standard InChI is InChI=1S/C20H13FI2O4/c21-14-2-1-3-16(10-14)27-15-6-4-12(5-7-15)11-26-19-17(22)8-13(20(24)25)9-18(19)23/h1-10H,11H2,(H,24,25). The van der Waals surface area contributed by atoms with E-state index in [2.05, 4.69) is 45.2 Å². The quantitative estimate of drug-likeness (QED) is 0.353. The molecule has 0 spiro atoms. The summed E-state index contributed by atoms with van der Waals surface area (Å²) in [6, 6.07) is 16.4. The minimum Gasteiger partial charge on any atom is -0.487 e. The highest BCUT2D eigenvalue weighted by Crippen LogP contribution is 2.30. The van der Waals surface area contributed by atoms with E-state index in [9.17, 15) is 9.18 Å². The van der Waals surface area contributed by atoms with E-state index >= 15 is 0 Å². The molecular formula is C20H13FI2O4. The van der Waals surface area contributed by atoms with Gasteiger partial charge in [-0.25, -0.2) is 9.18 Å². The summed E-state index contributed by atoms with van der Waals surface area (Å²) in [6.07, 6.45) is 0. The van der Waals surface area contributed by atoms with Gasteiger partial charge in [-0.1, -0.05) is 18.2 Å². The van der Waals surface area contributed by atoms with Gasteiger partial charge in [0.05, 0.1) is 12.7 Å². The first-order valence-electron chi connectivity index (χ1n) is 7.80. The van der Waals surface area contributed by atoms with E-state index in [1.165, 1.54) is 12.1 Å². The van der Waals surface area contributed by atoms with E-state index < -0.39 is 5.97 Å². The Morgan fingerprint density at radius 3 is 2.22 bits per heavy atom. The van der Waals surface area contributed by atoms with E-state index in [0.717, 1.165) is 12.7 Å². The molecule has 4 nitrogen and oxygen atoms in total. The zero-order valence-electron chi connectivity index (χ0n) is 13.8. The van der Waals surface area contributed by atoms with Gasteiger partial charge in [-0.2, -0.15) is 0 Å². The molecule has 138 valence electrons. The second kappa shape index (κ2) is 8.87. The number of halogens is 3. The van der Waals surface area contributed by atoms with Gasteiger partial charge in [0.1, 0.15) is 29.7 Å². The van der Waals surface area contributed by atoms with Crippen LogP contribution in [0.4, 0.5) is 4.39 Å². The van der Waals surface area contributed by atoms with Crippen LogP contribution in [0.25, 0.3) is 0 Å². The molecule has 0 bridgehead atoms. The Morgan fingerprint density at radius 1 is 0.963 bits per heavy atom. The van der Waals surface area contributed by atoms with Gasteiger partial charge >= 0.3 is 5.97 Å². The number of benzene rings is 3. The Morgan fingerprint density at radius 2 is 1.63 bits per heavy atom. The molecule has 27 heavy (non-hydrogen) atoms. The molecule has 0 aliphatic heterocycles. The van der Waals surface area contributed by atoms with Crippen molar-refractivity contribution in [1.82, 2.24) is 0 Å². The van der Waals surface area contributed by atoms with Crippen molar-refractivity contribution < 1.29 is 23.8 Å². The maximum absolute atomic E-state index is 13.2. The summed E-state index contributed by atoms with van der Waals surface area (Å²) in [6.45, 7) is 0.332. The van der Waals surface area contributed by atoms with Crippen LogP contribution < -0.4 is 9.47 Å². The van der Waals surface area contributed by atoms with Crippen molar-refractivity contribution in [3.05, 3.63) is 84.7 Å². The van der Waals surface area contributed by atoms with Gasteiger partial charge < -0.3 is 14.6 Å². The Bertz CT molecular complexity index is 951. The molecule has 0 atom stereocenters. The molecule has 0 saturated heterocycles. The molecule has 0 unspecified atom stereocenters. The minimum absolute atomic E-state index is 0.231. The monoisotopic (exact) mass is 590 g/mol. The topological polar surface area (TPSA) is 55.8 Å². The van der Waals surface area contributed by atoms with Crippen molar-refractivity contribution in [3.63, 3.8) is 0 Å². The first kappa shape index (κ1) is 19.9. The molecule has 7 heteroatoms. The van der Waals surface area contributed by atoms with Gasteiger partial charge in [0.2, 0.25) is 0 Å². The summed E-state index contributed by atoms with van der Waals surface area (Å²) in [4.78, 5) is 11.1. The van der Waals surface area contributed by atoms with Crippen LogP contribution in [0.2, 0.25) is 0 Å². The van der Waals surface area contributed by atoms with Crippen molar-refractivity contribution in [2.24, 2.45) is 0 Å². The van der Waals surface area contributed by atoms with Crippen molar-refractivity contribution in [2.75, 3.05) is 0 Å². The fourth-order valence-electron chi connectivity index (χ4n) is 2.30. The molecular weight excluding hydrogens is 577 g/mol. The van der Waals surface area contributed by atoms with Crippen LogP contribution in [0.3, 0.4) is 0 Å². The van der Waals surface area contributed by atoms with Crippen LogP contribution >= 0.6 is 45.2 Å². The number of rotatable bonds is 6. The fourth-order valence-corrected chi connectivity index (χ4v) is 4.38. The molecule has 0 aliphatic rings. The lowest BCUT2D eigenvalue weighted by atomic mass is 10.2. The fraction of sp³-hybridized carbons (Fsp3) is 0.0500. The first-order valence-corrected chi connectivity index (χ1v) is 9.95. The van der Waals surface area contributed by atoms with Crippen molar-refractivity contribution in [2.45, 2.75) is 6.61 Å². The summed E-state index contributed by atoms with van der Waals surface area (Å²) in [5, 5.41) is 9.10. The van der Waals surface area contributed by atoms with Crippen molar-refractivity contribution in [3.8, 4) is 17.2 Å². The van der Waals surface area contributed by atoms with Gasteiger partial charge in [-0.15, -0.1) is 0 Å². The van der Waals surface area contributed by atoms with Crippen molar-refractivity contribution >= 4 is 51.2 Å². The number of hydrogen-bond acceptors (Lipinski definition) is 3.